The summed E-state index contributed by atoms with van der Waals surface area (Å²) in [4.78, 5) is 0. The third-order valence-electron chi connectivity index (χ3n) is 0. The summed E-state index contributed by atoms with van der Waals surface area (Å²) in [5.74, 6) is 0. The van der Waals surface area contributed by atoms with E-state index in [1.54, 1.807) is 0 Å². The summed E-state index contributed by atoms with van der Waals surface area (Å²) in [7, 11) is 0. The average Bonchev–Trinajstić information content (AvgIpc) is 0. The maximum absolute atomic E-state index is 0. The Kier molecular flexibility index (Phi) is 554000. The van der Waals surface area contributed by atoms with Crippen molar-refractivity contribution in [3.05, 3.63) is 0 Å². The van der Waals surface area contributed by atoms with E-state index in [1.165, 1.54) is 0 Å². The maximum Gasteiger partial charge on any atom is 0 e. The van der Waals surface area contributed by atoms with Crippen LogP contribution in [0.2, 0.25) is 0 Å². The molecule has 60 valence electrons. The molecule has 0 atom stereocenters. The van der Waals surface area contributed by atoms with Gasteiger partial charge in [-0.3, -0.25) is 28.2 Å². The zero-order valence-electron chi connectivity index (χ0n) is 3.66. The van der Waals surface area contributed by atoms with Crippen LogP contribution in [0.5, 0.6) is 0 Å². The summed E-state index contributed by atoms with van der Waals surface area (Å²) in [6, 6.07) is 0. The number of halogens is 6. The largest absolute Gasteiger partial charge is 0.344 e. The van der Waals surface area contributed by atoms with Gasteiger partial charge < -0.3 is 6.15 Å². The zero-order chi connectivity index (χ0) is 0. The van der Waals surface area contributed by atoms with E-state index >= 15 is 0 Å². The molecule has 0 radical (unpaired) electrons. The van der Waals surface area contributed by atoms with Crippen molar-refractivity contribution in [2.75, 3.05) is 0 Å². The van der Waals surface area contributed by atoms with Gasteiger partial charge in [-0.25, -0.2) is 0 Å². The second kappa shape index (κ2) is 1710. The van der Waals surface area contributed by atoms with Gasteiger partial charge in [-0.1, -0.05) is 0 Å². The van der Waals surface area contributed by atoms with E-state index in [0.717, 1.165) is 0 Å². The molecule has 0 spiro atoms. The molecular formula is H9F6NZr. The van der Waals surface area contributed by atoms with Gasteiger partial charge in [0.25, 0.3) is 0 Å². The normalized spacial score (nSPS) is 0. The molecule has 8 heavy (non-hydrogen) atoms. The van der Waals surface area contributed by atoms with Gasteiger partial charge in [0.15, 0.2) is 0 Å². The first-order valence-corrected chi connectivity index (χ1v) is 0. The van der Waals surface area contributed by atoms with Crippen LogP contribution in [0.4, 0.5) is 28.2 Å². The Morgan fingerprint density at radius 2 is 0.375 bits per heavy atom. The van der Waals surface area contributed by atoms with Crippen molar-refractivity contribution in [3.8, 4) is 0 Å². The average molecular weight is 228 g/mol. The molecule has 0 aliphatic rings. The molecule has 0 bridgehead atoms. The molecular weight excluding hydrogens is 219 g/mol. The van der Waals surface area contributed by atoms with Gasteiger partial charge in [-0.15, -0.1) is 0 Å². The van der Waals surface area contributed by atoms with Crippen LogP contribution in [0.15, 0.2) is 0 Å². The Morgan fingerprint density at radius 1 is 0.375 bits per heavy atom. The van der Waals surface area contributed by atoms with Gasteiger partial charge in [-0.05, 0) is 0 Å². The fourth-order valence-corrected chi connectivity index (χ4v) is 0. The Morgan fingerprint density at radius 3 is 0.375 bits per heavy atom. The molecule has 3 N–H and O–H groups in total. The van der Waals surface area contributed by atoms with Crippen LogP contribution in [0, 0.1) is 0 Å². The summed E-state index contributed by atoms with van der Waals surface area (Å²) in [6.07, 6.45) is 0. The van der Waals surface area contributed by atoms with E-state index in [2.05, 4.69) is 0 Å². The number of rotatable bonds is 0. The van der Waals surface area contributed by atoms with Crippen molar-refractivity contribution in [1.29, 1.82) is 0 Å². The van der Waals surface area contributed by atoms with Crippen LogP contribution in [0.3, 0.4) is 0 Å². The summed E-state index contributed by atoms with van der Waals surface area (Å²) in [5, 5.41) is 0. The monoisotopic (exact) mass is 227 g/mol. The Bertz CT molecular complexity index is 8.49. The second-order valence-electron chi connectivity index (χ2n) is 0. The molecule has 0 aliphatic heterocycles. The van der Waals surface area contributed by atoms with Crippen molar-refractivity contribution in [2.24, 2.45) is 0 Å². The first kappa shape index (κ1) is 2590. The third-order valence-corrected chi connectivity index (χ3v) is 0. The molecule has 0 unspecified atom stereocenters. The third kappa shape index (κ3) is 1060. The predicted octanol–water partition coefficient (Wildman–Crippen LogP) is 1.07. The molecule has 0 aromatic rings. The van der Waals surface area contributed by atoms with Crippen molar-refractivity contribution < 1.29 is 54.4 Å². The van der Waals surface area contributed by atoms with E-state index in [1.807, 2.05) is 0 Å². The second-order valence-corrected chi connectivity index (χ2v) is 0. The van der Waals surface area contributed by atoms with Crippen LogP contribution >= 0.6 is 0 Å². The minimum Gasteiger partial charge on any atom is -0.344 e. The van der Waals surface area contributed by atoms with Crippen LogP contribution in [-0.2, 0) is 26.2 Å². The standard InChI is InChI=1S/6FH.H3N.Zr/h6*1H;1H3;. The molecule has 0 heterocycles. The smallest absolute Gasteiger partial charge is 0 e. The molecule has 0 fully saturated rings. The molecule has 8 heteroatoms. The topological polar surface area (TPSA) is 35.0 Å². The van der Waals surface area contributed by atoms with E-state index in [0.29, 0.717) is 0 Å². The van der Waals surface area contributed by atoms with Crippen LogP contribution in [0.25, 0.3) is 0 Å². The summed E-state index contributed by atoms with van der Waals surface area (Å²) in [5.41, 5.74) is 0. The fourth-order valence-electron chi connectivity index (χ4n) is 0. The molecule has 0 aromatic heterocycles. The van der Waals surface area contributed by atoms with Crippen LogP contribution < -0.4 is 6.15 Å². The van der Waals surface area contributed by atoms with Gasteiger partial charge in [0.05, 0.1) is 0 Å². The number of hydrogen-bond donors (Lipinski definition) is 1. The van der Waals surface area contributed by atoms with Gasteiger partial charge in [0.2, 0.25) is 0 Å². The predicted molar refractivity (Wildman–Crippen MR) is 20.0 cm³/mol. The van der Waals surface area contributed by atoms with Crippen molar-refractivity contribution in [3.63, 3.8) is 0 Å². The van der Waals surface area contributed by atoms with Gasteiger partial charge in [-0.2, -0.15) is 0 Å². The van der Waals surface area contributed by atoms with E-state index in [-0.39, 0.29) is 60.6 Å². The minimum absolute atomic E-state index is 0. The Balaban J connectivity index is 0. The number of hydrogen-bond acceptors (Lipinski definition) is 1. The van der Waals surface area contributed by atoms with Crippen LogP contribution in [0.1, 0.15) is 0 Å². The summed E-state index contributed by atoms with van der Waals surface area (Å²) in [6.45, 7) is 0. The quantitative estimate of drug-likeness (QED) is 0.618. The maximum atomic E-state index is 0. The van der Waals surface area contributed by atoms with E-state index in [4.69, 9.17) is 0 Å². The van der Waals surface area contributed by atoms with Crippen molar-refractivity contribution >= 4 is 0 Å². The van der Waals surface area contributed by atoms with E-state index in [9.17, 15) is 0 Å². The molecule has 0 aromatic carbocycles. The fraction of sp³-hybridized carbons (Fsp3) is 0. The SMILES string of the molecule is F.F.F.F.F.F.N.[Zr]. The van der Waals surface area contributed by atoms with Gasteiger partial charge >= 0.3 is 0 Å². The molecule has 1 nitrogen and oxygen atoms in total. The van der Waals surface area contributed by atoms with Crippen LogP contribution in [-0.4, -0.2) is 0 Å². The first-order valence-electron chi connectivity index (χ1n) is 0. The first-order chi connectivity index (χ1) is 0. The molecule has 0 amide bonds. The zero-order valence-corrected chi connectivity index (χ0v) is 6.11. The Hall–Kier alpha value is 0.423. The molecule has 0 saturated heterocycles. The molecule has 0 aliphatic carbocycles. The van der Waals surface area contributed by atoms with Crippen molar-refractivity contribution in [2.45, 2.75) is 0 Å². The molecule has 0 saturated carbocycles. The van der Waals surface area contributed by atoms with Gasteiger partial charge in [0, 0.05) is 26.2 Å². The van der Waals surface area contributed by atoms with Crippen molar-refractivity contribution in [1.82, 2.24) is 6.15 Å². The molecule has 0 rings (SSSR count). The summed E-state index contributed by atoms with van der Waals surface area (Å²) >= 11 is 0. The minimum atomic E-state index is 0. The Labute approximate surface area is 61.1 Å². The van der Waals surface area contributed by atoms with Gasteiger partial charge in [0.1, 0.15) is 0 Å². The summed E-state index contributed by atoms with van der Waals surface area (Å²) < 4.78 is 0. The van der Waals surface area contributed by atoms with E-state index < -0.39 is 0 Å².